The van der Waals surface area contributed by atoms with Gasteiger partial charge in [0.25, 0.3) is 5.91 Å². The SMILES string of the molecule is C[C@@H]1Cc2cc(C(=O)N3CCc4nc([C@@H]5CCCCN5)ncc4C3)ccc2O1. The average molecular weight is 378 g/mol. The van der Waals surface area contributed by atoms with Crippen molar-refractivity contribution in [2.24, 2.45) is 0 Å². The Hall–Kier alpha value is -2.47. The van der Waals surface area contributed by atoms with Gasteiger partial charge in [-0.05, 0) is 50.1 Å². The summed E-state index contributed by atoms with van der Waals surface area (Å²) in [5.74, 6) is 1.89. The molecule has 5 rings (SSSR count). The molecule has 0 spiro atoms. The van der Waals surface area contributed by atoms with E-state index >= 15 is 0 Å². The van der Waals surface area contributed by atoms with E-state index in [1.807, 2.05) is 29.3 Å². The van der Waals surface area contributed by atoms with E-state index in [0.717, 1.165) is 59.8 Å². The lowest BCUT2D eigenvalue weighted by Gasteiger charge is -2.29. The first-order chi connectivity index (χ1) is 13.7. The fraction of sp³-hybridized carbons (Fsp3) is 0.500. The van der Waals surface area contributed by atoms with Crippen LogP contribution in [0.2, 0.25) is 0 Å². The molecular formula is C22H26N4O2. The van der Waals surface area contributed by atoms with E-state index < -0.39 is 0 Å². The molecule has 3 aliphatic rings. The molecule has 6 heteroatoms. The number of nitrogens with zero attached hydrogens (tertiary/aromatic N) is 3. The third kappa shape index (κ3) is 3.26. The Balaban J connectivity index is 1.32. The second kappa shape index (κ2) is 7.17. The topological polar surface area (TPSA) is 67.4 Å². The maximum Gasteiger partial charge on any atom is 0.254 e. The Morgan fingerprint density at radius 3 is 3.07 bits per heavy atom. The lowest BCUT2D eigenvalue weighted by atomic mass is 10.0. The summed E-state index contributed by atoms with van der Waals surface area (Å²) in [4.78, 5) is 24.4. The first kappa shape index (κ1) is 17.6. The Labute approximate surface area is 165 Å². The predicted octanol–water partition coefficient (Wildman–Crippen LogP) is 2.81. The molecule has 1 saturated heterocycles. The number of carbonyl (C=O) groups is 1. The molecule has 146 valence electrons. The van der Waals surface area contributed by atoms with Crippen molar-refractivity contribution < 1.29 is 9.53 Å². The Bertz CT molecular complexity index is 907. The minimum Gasteiger partial charge on any atom is -0.490 e. The standard InChI is InChI=1S/C22H26N4O2/c1-14-10-16-11-15(5-6-20(16)28-14)22(27)26-9-7-18-17(13-26)12-24-21(25-18)19-4-2-3-8-23-19/h5-6,11-12,14,19,23H,2-4,7-10,13H2,1H3/t14-,19+/m1/s1. The van der Waals surface area contributed by atoms with Crippen LogP contribution in [0.1, 0.15) is 65.2 Å². The molecular weight excluding hydrogens is 352 g/mol. The highest BCUT2D eigenvalue weighted by Gasteiger charge is 2.27. The van der Waals surface area contributed by atoms with Gasteiger partial charge < -0.3 is 15.0 Å². The van der Waals surface area contributed by atoms with Crippen molar-refractivity contribution in [2.45, 2.75) is 57.7 Å². The van der Waals surface area contributed by atoms with Crippen LogP contribution in [0.25, 0.3) is 0 Å². The van der Waals surface area contributed by atoms with Crippen molar-refractivity contribution in [3.63, 3.8) is 0 Å². The number of hydrogen-bond donors (Lipinski definition) is 1. The number of fused-ring (bicyclic) bond motifs is 2. The fourth-order valence-corrected chi connectivity index (χ4v) is 4.48. The highest BCUT2D eigenvalue weighted by atomic mass is 16.5. The van der Waals surface area contributed by atoms with Gasteiger partial charge in [-0.1, -0.05) is 6.42 Å². The van der Waals surface area contributed by atoms with Crippen molar-refractivity contribution >= 4 is 5.91 Å². The molecule has 0 radical (unpaired) electrons. The molecule has 6 nitrogen and oxygen atoms in total. The molecule has 1 amide bonds. The van der Waals surface area contributed by atoms with E-state index in [1.165, 1.54) is 12.8 Å². The van der Waals surface area contributed by atoms with Gasteiger partial charge in [-0.3, -0.25) is 4.79 Å². The maximum absolute atomic E-state index is 13.0. The Kier molecular flexibility index (Phi) is 4.51. The summed E-state index contributed by atoms with van der Waals surface area (Å²) in [6, 6.07) is 6.07. The summed E-state index contributed by atoms with van der Waals surface area (Å²) < 4.78 is 5.75. The molecule has 4 heterocycles. The van der Waals surface area contributed by atoms with Gasteiger partial charge >= 0.3 is 0 Å². The van der Waals surface area contributed by atoms with Crippen LogP contribution in [0, 0.1) is 0 Å². The first-order valence-corrected chi connectivity index (χ1v) is 10.3. The molecule has 0 saturated carbocycles. The number of amides is 1. The van der Waals surface area contributed by atoms with Gasteiger partial charge in [-0.25, -0.2) is 9.97 Å². The van der Waals surface area contributed by atoms with Crippen LogP contribution in [0.4, 0.5) is 0 Å². The summed E-state index contributed by atoms with van der Waals surface area (Å²) in [5, 5.41) is 3.51. The van der Waals surface area contributed by atoms with Gasteiger partial charge in [0.15, 0.2) is 0 Å². The summed E-state index contributed by atoms with van der Waals surface area (Å²) in [5.41, 5.74) is 4.03. The average Bonchev–Trinajstić information content (AvgIpc) is 3.12. The summed E-state index contributed by atoms with van der Waals surface area (Å²) in [7, 11) is 0. The van der Waals surface area contributed by atoms with Gasteiger partial charge in [0.05, 0.1) is 11.7 Å². The zero-order valence-corrected chi connectivity index (χ0v) is 16.3. The number of nitrogens with one attached hydrogen (secondary N) is 1. The largest absolute Gasteiger partial charge is 0.490 e. The normalized spacial score (nSPS) is 23.7. The van der Waals surface area contributed by atoms with Crippen LogP contribution in [-0.2, 0) is 19.4 Å². The molecule has 0 unspecified atom stereocenters. The number of hydrogen-bond acceptors (Lipinski definition) is 5. The smallest absolute Gasteiger partial charge is 0.254 e. The monoisotopic (exact) mass is 378 g/mol. The summed E-state index contributed by atoms with van der Waals surface area (Å²) in [6.07, 6.45) is 7.32. The second-order valence-electron chi connectivity index (χ2n) is 8.13. The zero-order valence-electron chi connectivity index (χ0n) is 16.3. The zero-order chi connectivity index (χ0) is 19.1. The highest BCUT2D eigenvalue weighted by Crippen LogP contribution is 2.30. The van der Waals surface area contributed by atoms with Gasteiger partial charge in [0, 0.05) is 43.3 Å². The van der Waals surface area contributed by atoms with Crippen molar-refractivity contribution in [2.75, 3.05) is 13.1 Å². The van der Waals surface area contributed by atoms with E-state index in [2.05, 4.69) is 17.2 Å². The molecule has 28 heavy (non-hydrogen) atoms. The van der Waals surface area contributed by atoms with Crippen molar-refractivity contribution in [3.05, 3.63) is 52.6 Å². The number of rotatable bonds is 2. The van der Waals surface area contributed by atoms with E-state index in [0.29, 0.717) is 13.1 Å². The summed E-state index contributed by atoms with van der Waals surface area (Å²) >= 11 is 0. The number of aromatic nitrogens is 2. The second-order valence-corrected chi connectivity index (χ2v) is 8.13. The predicted molar refractivity (Wildman–Crippen MR) is 105 cm³/mol. The summed E-state index contributed by atoms with van der Waals surface area (Å²) in [6.45, 7) is 4.37. The van der Waals surface area contributed by atoms with Crippen LogP contribution in [0.5, 0.6) is 5.75 Å². The Morgan fingerprint density at radius 2 is 2.21 bits per heavy atom. The molecule has 0 aliphatic carbocycles. The van der Waals surface area contributed by atoms with Crippen LogP contribution < -0.4 is 10.1 Å². The third-order valence-corrected chi connectivity index (χ3v) is 6.00. The van der Waals surface area contributed by atoms with E-state index in [9.17, 15) is 4.79 Å². The fourth-order valence-electron chi connectivity index (χ4n) is 4.48. The van der Waals surface area contributed by atoms with Gasteiger partial charge in [-0.2, -0.15) is 0 Å². The molecule has 1 aromatic heterocycles. The molecule has 2 atom stereocenters. The molecule has 1 aromatic carbocycles. The van der Waals surface area contributed by atoms with Gasteiger partial charge in [0.2, 0.25) is 0 Å². The van der Waals surface area contributed by atoms with E-state index in [4.69, 9.17) is 9.72 Å². The maximum atomic E-state index is 13.0. The molecule has 3 aliphatic heterocycles. The van der Waals surface area contributed by atoms with Gasteiger partial charge in [-0.15, -0.1) is 0 Å². The lowest BCUT2D eigenvalue weighted by Crippen LogP contribution is -2.37. The van der Waals surface area contributed by atoms with Crippen molar-refractivity contribution in [3.8, 4) is 5.75 Å². The number of piperidine rings is 1. The van der Waals surface area contributed by atoms with E-state index in [-0.39, 0.29) is 18.1 Å². The minimum atomic E-state index is 0.0750. The van der Waals surface area contributed by atoms with Gasteiger partial charge in [0.1, 0.15) is 17.7 Å². The van der Waals surface area contributed by atoms with Crippen LogP contribution in [0.15, 0.2) is 24.4 Å². The quantitative estimate of drug-likeness (QED) is 0.870. The molecule has 1 fully saturated rings. The minimum absolute atomic E-state index is 0.0750. The molecule has 1 N–H and O–H groups in total. The lowest BCUT2D eigenvalue weighted by molar-refractivity contribution is 0.0733. The first-order valence-electron chi connectivity index (χ1n) is 10.3. The van der Waals surface area contributed by atoms with Crippen molar-refractivity contribution in [1.29, 1.82) is 0 Å². The van der Waals surface area contributed by atoms with Crippen LogP contribution >= 0.6 is 0 Å². The third-order valence-electron chi connectivity index (χ3n) is 6.00. The van der Waals surface area contributed by atoms with Crippen LogP contribution in [0.3, 0.4) is 0 Å². The van der Waals surface area contributed by atoms with Crippen molar-refractivity contribution in [1.82, 2.24) is 20.2 Å². The molecule has 0 bridgehead atoms. The molecule has 2 aromatic rings. The number of benzene rings is 1. The van der Waals surface area contributed by atoms with E-state index in [1.54, 1.807) is 0 Å². The Morgan fingerprint density at radius 1 is 1.29 bits per heavy atom. The number of carbonyl (C=O) groups excluding carboxylic acids is 1. The van der Waals surface area contributed by atoms with Crippen LogP contribution in [-0.4, -0.2) is 40.0 Å². The number of ether oxygens (including phenoxy) is 1. The highest BCUT2D eigenvalue weighted by molar-refractivity contribution is 5.94.